The van der Waals surface area contributed by atoms with Crippen LogP contribution in [0.2, 0.25) is 0 Å². The van der Waals surface area contributed by atoms with Gasteiger partial charge in [0.1, 0.15) is 13.2 Å². The van der Waals surface area contributed by atoms with Crippen LogP contribution in [0.25, 0.3) is 0 Å². The second-order valence-corrected chi connectivity index (χ2v) is 22.4. The number of allylic oxidation sites excluding steroid dienone is 15. The average Bonchev–Trinajstić information content (AvgIpc) is 3.34. The van der Waals surface area contributed by atoms with Crippen molar-refractivity contribution in [2.75, 3.05) is 40.9 Å². The Bertz CT molecular complexity index is 1490. The van der Waals surface area contributed by atoms with Gasteiger partial charge in [0.05, 0.1) is 39.9 Å². The number of unbranched alkanes of at least 4 members (excludes halogenated alkanes) is 26. The summed E-state index contributed by atoms with van der Waals surface area (Å²) in [6.45, 7) is 4.47. The fraction of sp³-hybridized carbons (Fsp3) is 0.730. The number of likely N-dealkylation sites (N-methyl/N-ethyl adjacent to an activating group) is 1. The Morgan fingerprint density at radius 1 is 0.500 bits per heavy atom. The molecule has 0 aromatic heterocycles. The molecule has 1 amide bonds. The molecule has 0 saturated heterocycles. The first-order chi connectivity index (χ1) is 35.0. The van der Waals surface area contributed by atoms with Crippen LogP contribution >= 0.6 is 7.82 Å². The number of aliphatic hydroxyl groups excluding tert-OH is 1. The monoisotopic (exact) mass is 1020 g/mol. The summed E-state index contributed by atoms with van der Waals surface area (Å²) < 4.78 is 23.3. The number of nitrogens with zero attached hydrogens (tertiary/aromatic N) is 1. The molecule has 2 N–H and O–H groups in total. The first-order valence-electron chi connectivity index (χ1n) is 29.6. The molecular formula is C63H113N2O6P. The van der Waals surface area contributed by atoms with E-state index in [-0.39, 0.29) is 12.5 Å². The van der Waals surface area contributed by atoms with E-state index in [9.17, 15) is 19.4 Å². The number of aliphatic hydroxyl groups is 1. The maximum Gasteiger partial charge on any atom is 0.268 e. The third-order valence-corrected chi connectivity index (χ3v) is 13.7. The number of phosphoric acid groups is 1. The van der Waals surface area contributed by atoms with Gasteiger partial charge >= 0.3 is 0 Å². The minimum atomic E-state index is -4.61. The number of carbonyl (C=O) groups is 1. The van der Waals surface area contributed by atoms with E-state index in [2.05, 4.69) is 104 Å². The van der Waals surface area contributed by atoms with Crippen LogP contribution in [0.15, 0.2) is 97.2 Å². The summed E-state index contributed by atoms with van der Waals surface area (Å²) in [5.41, 5.74) is 0. The van der Waals surface area contributed by atoms with Crippen molar-refractivity contribution in [3.8, 4) is 0 Å². The highest BCUT2D eigenvalue weighted by Gasteiger charge is 2.23. The first-order valence-corrected chi connectivity index (χ1v) is 31.1. The van der Waals surface area contributed by atoms with Crippen molar-refractivity contribution in [1.29, 1.82) is 0 Å². The Morgan fingerprint density at radius 2 is 0.861 bits per heavy atom. The van der Waals surface area contributed by atoms with Gasteiger partial charge in [-0.15, -0.1) is 0 Å². The Morgan fingerprint density at radius 3 is 1.29 bits per heavy atom. The molecule has 3 unspecified atom stereocenters. The summed E-state index contributed by atoms with van der Waals surface area (Å²) in [6, 6.07) is -0.912. The number of hydrogen-bond acceptors (Lipinski definition) is 6. The fourth-order valence-corrected chi connectivity index (χ4v) is 8.88. The standard InChI is InChI=1S/C63H113N2O6P/c1-6-8-10-12-14-16-18-20-21-22-23-24-25-26-27-28-29-30-31-32-33-34-35-36-37-38-39-40-41-42-43-45-47-49-51-53-55-57-63(67)64-61(60-71-72(68,69)70-59-58-65(3,4)5)62(66)56-54-52-50-48-46-44-19-17-15-13-11-9-7-2/h8,10,14-17,20-21,23-24,26-27,46,48,54,56,61-62,66H,6-7,9,11-13,18-19,22,25,28-45,47,49-53,55,57-60H2,1-5H3,(H-,64,67,68,69)/b10-8-,16-14-,17-15+,21-20-,24-23-,27-26-,48-46+,56-54+. The van der Waals surface area contributed by atoms with Gasteiger partial charge in [-0.3, -0.25) is 9.36 Å². The highest BCUT2D eigenvalue weighted by atomic mass is 31.2. The maximum atomic E-state index is 12.9. The van der Waals surface area contributed by atoms with Gasteiger partial charge in [-0.1, -0.05) is 246 Å². The number of nitrogens with one attached hydrogen (secondary N) is 1. The summed E-state index contributed by atoms with van der Waals surface area (Å²) in [5, 5.41) is 13.8. The van der Waals surface area contributed by atoms with E-state index in [1.165, 1.54) is 141 Å². The predicted octanol–water partition coefficient (Wildman–Crippen LogP) is 17.6. The quantitative estimate of drug-likeness (QED) is 0.0272. The number of quaternary nitrogens is 1. The zero-order chi connectivity index (χ0) is 52.7. The minimum absolute atomic E-state index is 0.0111. The second kappa shape index (κ2) is 53.3. The van der Waals surface area contributed by atoms with E-state index < -0.39 is 26.6 Å². The SMILES string of the molecule is CC/C=C\C/C=C\C/C=C\C/C=C\C/C=C\CCCCCCCCCCCCCCCCCCCCCCCC(=O)NC(COP(=O)([O-])OCC[N+](C)(C)C)C(O)/C=C/CC/C=C/CC/C=C/CCCCC. The largest absolute Gasteiger partial charge is 0.756 e. The molecule has 0 saturated carbocycles. The molecule has 0 radical (unpaired) electrons. The summed E-state index contributed by atoms with van der Waals surface area (Å²) in [4.78, 5) is 25.4. The van der Waals surface area contributed by atoms with Gasteiger partial charge in [0, 0.05) is 6.42 Å². The molecule has 0 aromatic carbocycles. The van der Waals surface area contributed by atoms with Crippen LogP contribution in [0.1, 0.15) is 245 Å². The molecule has 0 spiro atoms. The second-order valence-electron chi connectivity index (χ2n) is 20.9. The number of rotatable bonds is 53. The van der Waals surface area contributed by atoms with Gasteiger partial charge in [-0.2, -0.15) is 0 Å². The van der Waals surface area contributed by atoms with E-state index in [0.29, 0.717) is 17.4 Å². The zero-order valence-corrected chi connectivity index (χ0v) is 48.2. The minimum Gasteiger partial charge on any atom is -0.756 e. The van der Waals surface area contributed by atoms with E-state index in [0.717, 1.165) is 83.5 Å². The normalized spacial score (nSPS) is 14.6. The summed E-state index contributed by atoms with van der Waals surface area (Å²) in [6.07, 6.45) is 76.6. The van der Waals surface area contributed by atoms with Crippen LogP contribution in [0.3, 0.4) is 0 Å². The van der Waals surface area contributed by atoms with E-state index in [1.807, 2.05) is 27.2 Å². The molecule has 0 rings (SSSR count). The molecule has 0 aliphatic rings. The van der Waals surface area contributed by atoms with Crippen LogP contribution in [0.4, 0.5) is 0 Å². The Labute approximate surface area is 445 Å². The third-order valence-electron chi connectivity index (χ3n) is 12.8. The van der Waals surface area contributed by atoms with Gasteiger partial charge in [0.15, 0.2) is 0 Å². The molecular weight excluding hydrogens is 912 g/mol. The van der Waals surface area contributed by atoms with E-state index in [4.69, 9.17) is 9.05 Å². The molecule has 0 heterocycles. The number of phosphoric ester groups is 1. The Hall–Kier alpha value is -2.58. The lowest BCUT2D eigenvalue weighted by Gasteiger charge is -2.29. The first kappa shape index (κ1) is 69.4. The van der Waals surface area contributed by atoms with Gasteiger partial charge in [-0.05, 0) is 89.9 Å². The topological polar surface area (TPSA) is 108 Å². The molecule has 72 heavy (non-hydrogen) atoms. The van der Waals surface area contributed by atoms with Gasteiger partial charge in [0.2, 0.25) is 5.91 Å². The van der Waals surface area contributed by atoms with Crippen molar-refractivity contribution >= 4 is 13.7 Å². The van der Waals surface area contributed by atoms with Crippen LogP contribution < -0.4 is 10.2 Å². The van der Waals surface area contributed by atoms with E-state index in [1.54, 1.807) is 6.08 Å². The molecule has 416 valence electrons. The van der Waals surface area contributed by atoms with Crippen molar-refractivity contribution in [2.24, 2.45) is 0 Å². The predicted molar refractivity (Wildman–Crippen MR) is 311 cm³/mol. The molecule has 0 fully saturated rings. The Kier molecular flexibility index (Phi) is 51.3. The number of hydrogen-bond donors (Lipinski definition) is 2. The highest BCUT2D eigenvalue weighted by Crippen LogP contribution is 2.38. The average molecular weight is 1030 g/mol. The van der Waals surface area contributed by atoms with Gasteiger partial charge in [0.25, 0.3) is 7.82 Å². The van der Waals surface area contributed by atoms with Crippen LogP contribution in [-0.4, -0.2) is 68.5 Å². The molecule has 3 atom stereocenters. The molecule has 0 bridgehead atoms. The molecule has 9 heteroatoms. The Balaban J connectivity index is 3.98. The molecule has 0 aromatic rings. The van der Waals surface area contributed by atoms with Crippen LogP contribution in [0.5, 0.6) is 0 Å². The van der Waals surface area contributed by atoms with E-state index >= 15 is 0 Å². The van der Waals surface area contributed by atoms with Crippen molar-refractivity contribution < 1.29 is 32.9 Å². The molecule has 8 nitrogen and oxygen atoms in total. The third kappa shape index (κ3) is 55.2. The van der Waals surface area contributed by atoms with Crippen LogP contribution in [0, 0.1) is 0 Å². The summed E-state index contributed by atoms with van der Waals surface area (Å²) in [5.74, 6) is -0.212. The van der Waals surface area contributed by atoms with Gasteiger partial charge in [-0.25, -0.2) is 0 Å². The van der Waals surface area contributed by atoms with Crippen molar-refractivity contribution in [3.63, 3.8) is 0 Å². The molecule has 0 aliphatic carbocycles. The van der Waals surface area contributed by atoms with Crippen molar-refractivity contribution in [1.82, 2.24) is 5.32 Å². The lowest BCUT2D eigenvalue weighted by Crippen LogP contribution is -2.45. The number of carbonyl (C=O) groups excluding carboxylic acids is 1. The fourth-order valence-electron chi connectivity index (χ4n) is 8.15. The zero-order valence-electron chi connectivity index (χ0n) is 47.4. The lowest BCUT2D eigenvalue weighted by atomic mass is 10.0. The van der Waals surface area contributed by atoms with Crippen molar-refractivity contribution in [2.45, 2.75) is 257 Å². The van der Waals surface area contributed by atoms with Crippen LogP contribution in [-0.2, 0) is 18.4 Å². The smallest absolute Gasteiger partial charge is 0.268 e. The van der Waals surface area contributed by atoms with Gasteiger partial charge < -0.3 is 28.8 Å². The summed E-state index contributed by atoms with van der Waals surface area (Å²) >= 11 is 0. The summed E-state index contributed by atoms with van der Waals surface area (Å²) in [7, 11) is 1.23. The van der Waals surface area contributed by atoms with Crippen molar-refractivity contribution in [3.05, 3.63) is 97.2 Å². The lowest BCUT2D eigenvalue weighted by molar-refractivity contribution is -0.870. The highest BCUT2D eigenvalue weighted by molar-refractivity contribution is 7.45. The maximum absolute atomic E-state index is 12.9. The molecule has 0 aliphatic heterocycles. The number of amides is 1.